The minimum Gasteiger partial charge on any atom is -0.463 e. The van der Waals surface area contributed by atoms with Crippen molar-refractivity contribution in [2.75, 3.05) is 13.2 Å². The molecule has 0 aliphatic carbocycles. The Bertz CT molecular complexity index is 319. The molecular weight excluding hydrogens is 208 g/mol. The molecule has 76 valence electrons. The van der Waals surface area contributed by atoms with E-state index in [2.05, 4.69) is 14.7 Å². The predicted molar refractivity (Wildman–Crippen MR) is 49.2 cm³/mol. The van der Waals surface area contributed by atoms with Crippen LogP contribution in [0.4, 0.5) is 0 Å². The van der Waals surface area contributed by atoms with Gasteiger partial charge in [0.15, 0.2) is 11.8 Å². The van der Waals surface area contributed by atoms with E-state index in [-0.39, 0.29) is 17.6 Å². The smallest absolute Gasteiger partial charge is 0.344 e. The van der Waals surface area contributed by atoms with Crippen LogP contribution in [0.2, 0.25) is 5.15 Å². The topological polar surface area (TPSA) is 61.3 Å². The Balaban J connectivity index is 2.46. The van der Waals surface area contributed by atoms with Crippen LogP contribution in [0.3, 0.4) is 0 Å². The molecule has 0 aliphatic heterocycles. The zero-order chi connectivity index (χ0) is 10.4. The Kier molecular flexibility index (Phi) is 4.12. The summed E-state index contributed by atoms with van der Waals surface area (Å²) in [7, 11) is 0. The number of halogens is 1. The van der Waals surface area contributed by atoms with Gasteiger partial charge < -0.3 is 9.47 Å². The average molecular weight is 217 g/mol. The number of hydrogen-bond donors (Lipinski definition) is 0. The van der Waals surface area contributed by atoms with Crippen molar-refractivity contribution < 1.29 is 14.3 Å². The summed E-state index contributed by atoms with van der Waals surface area (Å²) in [6.07, 6.45) is 2.85. The van der Waals surface area contributed by atoms with Crippen LogP contribution in [0.1, 0.15) is 6.92 Å². The van der Waals surface area contributed by atoms with Crippen LogP contribution in [-0.4, -0.2) is 29.2 Å². The van der Waals surface area contributed by atoms with Gasteiger partial charge in [-0.15, -0.1) is 0 Å². The lowest BCUT2D eigenvalue weighted by Gasteiger charge is -2.04. The third kappa shape index (κ3) is 3.18. The van der Waals surface area contributed by atoms with Crippen LogP contribution < -0.4 is 4.74 Å². The SMILES string of the molecule is CCOC(=O)COc1nccnc1Cl. The molecule has 1 aromatic rings. The van der Waals surface area contributed by atoms with Gasteiger partial charge in [0, 0.05) is 12.4 Å². The Morgan fingerprint density at radius 3 is 2.86 bits per heavy atom. The third-order valence-electron chi connectivity index (χ3n) is 1.25. The number of ether oxygens (including phenoxy) is 2. The molecule has 0 amide bonds. The maximum atomic E-state index is 10.9. The summed E-state index contributed by atoms with van der Waals surface area (Å²) in [4.78, 5) is 18.4. The molecule has 0 saturated carbocycles. The van der Waals surface area contributed by atoms with Crippen LogP contribution in [0.25, 0.3) is 0 Å². The highest BCUT2D eigenvalue weighted by molar-refractivity contribution is 6.30. The highest BCUT2D eigenvalue weighted by Gasteiger charge is 2.07. The van der Waals surface area contributed by atoms with Crippen molar-refractivity contribution in [1.29, 1.82) is 0 Å². The lowest BCUT2D eigenvalue weighted by atomic mass is 10.7. The molecule has 0 aromatic carbocycles. The van der Waals surface area contributed by atoms with E-state index in [9.17, 15) is 4.79 Å². The van der Waals surface area contributed by atoms with Crippen LogP contribution in [0.5, 0.6) is 5.88 Å². The molecule has 0 N–H and O–H groups in total. The summed E-state index contributed by atoms with van der Waals surface area (Å²) >= 11 is 5.63. The van der Waals surface area contributed by atoms with Gasteiger partial charge in [-0.2, -0.15) is 0 Å². The van der Waals surface area contributed by atoms with Crippen molar-refractivity contribution in [3.8, 4) is 5.88 Å². The zero-order valence-electron chi connectivity index (χ0n) is 7.57. The van der Waals surface area contributed by atoms with E-state index in [1.165, 1.54) is 12.4 Å². The Morgan fingerprint density at radius 1 is 1.50 bits per heavy atom. The molecular formula is C8H9ClN2O3. The van der Waals surface area contributed by atoms with Crippen molar-refractivity contribution in [2.24, 2.45) is 0 Å². The van der Waals surface area contributed by atoms with E-state index < -0.39 is 5.97 Å². The maximum Gasteiger partial charge on any atom is 0.344 e. The van der Waals surface area contributed by atoms with Gasteiger partial charge in [0.1, 0.15) is 0 Å². The van der Waals surface area contributed by atoms with Gasteiger partial charge in [-0.05, 0) is 6.92 Å². The van der Waals surface area contributed by atoms with E-state index in [4.69, 9.17) is 16.3 Å². The standard InChI is InChI=1S/C8H9ClN2O3/c1-2-13-6(12)5-14-8-7(9)10-3-4-11-8/h3-4H,2,5H2,1H3. The largest absolute Gasteiger partial charge is 0.463 e. The molecule has 1 heterocycles. The lowest BCUT2D eigenvalue weighted by Crippen LogP contribution is -2.15. The summed E-state index contributed by atoms with van der Waals surface area (Å²) in [5.74, 6) is -0.337. The fourth-order valence-corrected chi connectivity index (χ4v) is 0.895. The number of esters is 1. The van der Waals surface area contributed by atoms with Crippen molar-refractivity contribution in [2.45, 2.75) is 6.92 Å². The van der Waals surface area contributed by atoms with E-state index in [1.807, 2.05) is 0 Å². The zero-order valence-corrected chi connectivity index (χ0v) is 8.32. The van der Waals surface area contributed by atoms with Crippen LogP contribution in [0, 0.1) is 0 Å². The minimum atomic E-state index is -0.464. The second kappa shape index (κ2) is 5.39. The van der Waals surface area contributed by atoms with Crippen LogP contribution in [0.15, 0.2) is 12.4 Å². The van der Waals surface area contributed by atoms with Crippen molar-refractivity contribution >= 4 is 17.6 Å². The normalized spacial score (nSPS) is 9.57. The number of carbonyl (C=O) groups excluding carboxylic acids is 1. The monoisotopic (exact) mass is 216 g/mol. The first-order valence-electron chi connectivity index (χ1n) is 3.99. The second-order valence-electron chi connectivity index (χ2n) is 2.25. The molecule has 0 bridgehead atoms. The minimum absolute atomic E-state index is 0.122. The molecule has 1 aromatic heterocycles. The first-order valence-corrected chi connectivity index (χ1v) is 4.36. The summed E-state index contributed by atoms with van der Waals surface area (Å²) < 4.78 is 9.62. The van der Waals surface area contributed by atoms with Crippen LogP contribution >= 0.6 is 11.6 Å². The number of rotatable bonds is 4. The number of aromatic nitrogens is 2. The van der Waals surface area contributed by atoms with E-state index in [0.29, 0.717) is 6.61 Å². The van der Waals surface area contributed by atoms with E-state index in [0.717, 1.165) is 0 Å². The Morgan fingerprint density at radius 2 is 2.21 bits per heavy atom. The third-order valence-corrected chi connectivity index (χ3v) is 1.51. The van der Waals surface area contributed by atoms with Crippen molar-refractivity contribution in [3.63, 3.8) is 0 Å². The fourth-order valence-electron chi connectivity index (χ4n) is 0.735. The molecule has 0 radical (unpaired) electrons. The molecule has 0 aliphatic rings. The van der Waals surface area contributed by atoms with Gasteiger partial charge in [-0.25, -0.2) is 14.8 Å². The van der Waals surface area contributed by atoms with Gasteiger partial charge in [-0.1, -0.05) is 11.6 Å². The quantitative estimate of drug-likeness (QED) is 0.705. The van der Waals surface area contributed by atoms with Gasteiger partial charge >= 0.3 is 5.97 Å². The van der Waals surface area contributed by atoms with Crippen molar-refractivity contribution in [3.05, 3.63) is 17.5 Å². The molecule has 0 unspecified atom stereocenters. The molecule has 0 saturated heterocycles. The number of carbonyl (C=O) groups is 1. The molecule has 14 heavy (non-hydrogen) atoms. The molecule has 1 rings (SSSR count). The fraction of sp³-hybridized carbons (Fsp3) is 0.375. The molecule has 0 atom stereocenters. The molecule has 0 fully saturated rings. The summed E-state index contributed by atoms with van der Waals surface area (Å²) in [6.45, 7) is 1.82. The summed E-state index contributed by atoms with van der Waals surface area (Å²) in [5, 5.41) is 0.122. The van der Waals surface area contributed by atoms with E-state index >= 15 is 0 Å². The van der Waals surface area contributed by atoms with E-state index in [1.54, 1.807) is 6.92 Å². The average Bonchev–Trinajstić information content (AvgIpc) is 2.17. The van der Waals surface area contributed by atoms with Gasteiger partial charge in [0.05, 0.1) is 6.61 Å². The first-order chi connectivity index (χ1) is 6.74. The second-order valence-corrected chi connectivity index (χ2v) is 2.60. The lowest BCUT2D eigenvalue weighted by molar-refractivity contribution is -0.145. The highest BCUT2D eigenvalue weighted by atomic mass is 35.5. The summed E-state index contributed by atoms with van der Waals surface area (Å²) in [6, 6.07) is 0. The predicted octanol–water partition coefficient (Wildman–Crippen LogP) is 1.07. The molecule has 0 spiro atoms. The van der Waals surface area contributed by atoms with Gasteiger partial charge in [0.2, 0.25) is 0 Å². The highest BCUT2D eigenvalue weighted by Crippen LogP contribution is 2.16. The Labute approximate surface area is 86.0 Å². The summed E-state index contributed by atoms with van der Waals surface area (Å²) in [5.41, 5.74) is 0. The molecule has 5 nitrogen and oxygen atoms in total. The van der Waals surface area contributed by atoms with Gasteiger partial charge in [0.25, 0.3) is 5.88 Å². The first kappa shape index (κ1) is 10.7. The van der Waals surface area contributed by atoms with Crippen molar-refractivity contribution in [1.82, 2.24) is 9.97 Å². The van der Waals surface area contributed by atoms with Crippen LogP contribution in [-0.2, 0) is 9.53 Å². The number of nitrogens with zero attached hydrogens (tertiary/aromatic N) is 2. The maximum absolute atomic E-state index is 10.9. The number of hydrogen-bond acceptors (Lipinski definition) is 5. The Hall–Kier alpha value is -1.36. The van der Waals surface area contributed by atoms with Gasteiger partial charge in [-0.3, -0.25) is 0 Å². The molecule has 6 heteroatoms.